The molecule has 2 rings (SSSR count). The number of rotatable bonds is 5. The van der Waals surface area contributed by atoms with Crippen LogP contribution < -0.4 is 10.6 Å². The van der Waals surface area contributed by atoms with E-state index in [1.807, 2.05) is 0 Å². The number of carbonyl (C=O) groups is 1. The van der Waals surface area contributed by atoms with Gasteiger partial charge in [-0.1, -0.05) is 41.4 Å². The van der Waals surface area contributed by atoms with E-state index in [9.17, 15) is 4.79 Å². The third-order valence-electron chi connectivity index (χ3n) is 3.00. The van der Waals surface area contributed by atoms with Gasteiger partial charge in [-0.3, -0.25) is 4.79 Å². The van der Waals surface area contributed by atoms with Crippen molar-refractivity contribution in [2.75, 3.05) is 11.9 Å². The maximum Gasteiger partial charge on any atom is 0.196 e. The maximum atomic E-state index is 12.8. The highest BCUT2D eigenvalue weighted by molar-refractivity contribution is 7.80. The van der Waals surface area contributed by atoms with Gasteiger partial charge in [0.2, 0.25) is 0 Å². The van der Waals surface area contributed by atoms with Gasteiger partial charge in [0.05, 0.1) is 10.7 Å². The smallest absolute Gasteiger partial charge is 0.196 e. The predicted molar refractivity (Wildman–Crippen MR) is 101 cm³/mol. The standard InChI is InChI=1S/C17H14Cl2N2OS/c1-2-9-20-17(23)21-15-8-7-11(18)10-13(15)16(22)12-5-3-4-6-14(12)19/h2-8,10H,1,9H2,(H2,20,21,23). The summed E-state index contributed by atoms with van der Waals surface area (Å²) in [6.45, 7) is 4.13. The van der Waals surface area contributed by atoms with Gasteiger partial charge in [-0.2, -0.15) is 0 Å². The SMILES string of the molecule is C=CCNC(=S)Nc1ccc(Cl)cc1C(=O)c1ccccc1Cl. The summed E-state index contributed by atoms with van der Waals surface area (Å²) >= 11 is 17.3. The van der Waals surface area contributed by atoms with Crippen LogP contribution in [0.15, 0.2) is 55.1 Å². The van der Waals surface area contributed by atoms with Crippen LogP contribution in [-0.4, -0.2) is 17.4 Å². The Kier molecular flexibility index (Phi) is 6.16. The molecule has 0 amide bonds. The van der Waals surface area contributed by atoms with Crippen LogP contribution in [0.5, 0.6) is 0 Å². The minimum Gasteiger partial charge on any atom is -0.359 e. The molecule has 0 atom stereocenters. The fourth-order valence-electron chi connectivity index (χ4n) is 1.94. The molecule has 6 heteroatoms. The van der Waals surface area contributed by atoms with Crippen LogP contribution in [-0.2, 0) is 0 Å². The second kappa shape index (κ2) is 8.11. The molecule has 0 unspecified atom stereocenters. The molecule has 0 aliphatic heterocycles. The molecule has 0 aliphatic carbocycles. The van der Waals surface area contributed by atoms with E-state index in [4.69, 9.17) is 35.4 Å². The Bertz CT molecular complexity index is 762. The molecule has 0 saturated carbocycles. The topological polar surface area (TPSA) is 41.1 Å². The van der Waals surface area contributed by atoms with Gasteiger partial charge in [0, 0.05) is 22.7 Å². The van der Waals surface area contributed by atoms with Crippen LogP contribution in [0.4, 0.5) is 5.69 Å². The summed E-state index contributed by atoms with van der Waals surface area (Å²) in [6.07, 6.45) is 1.69. The summed E-state index contributed by atoms with van der Waals surface area (Å²) < 4.78 is 0. The third kappa shape index (κ3) is 4.55. The lowest BCUT2D eigenvalue weighted by atomic mass is 10.0. The van der Waals surface area contributed by atoms with Gasteiger partial charge in [-0.25, -0.2) is 0 Å². The van der Waals surface area contributed by atoms with Crippen molar-refractivity contribution in [2.24, 2.45) is 0 Å². The molecule has 0 heterocycles. The van der Waals surface area contributed by atoms with Gasteiger partial charge in [-0.15, -0.1) is 6.58 Å². The number of thiocarbonyl (C=S) groups is 1. The van der Waals surface area contributed by atoms with E-state index in [0.29, 0.717) is 38.5 Å². The molecule has 0 saturated heterocycles. The molecule has 0 aliphatic rings. The zero-order valence-corrected chi connectivity index (χ0v) is 14.4. The van der Waals surface area contributed by atoms with Crippen LogP contribution in [0.3, 0.4) is 0 Å². The third-order valence-corrected chi connectivity index (χ3v) is 3.81. The van der Waals surface area contributed by atoms with E-state index in [1.54, 1.807) is 48.5 Å². The molecule has 2 aromatic rings. The van der Waals surface area contributed by atoms with Gasteiger partial charge in [0.15, 0.2) is 10.9 Å². The number of nitrogens with one attached hydrogen (secondary N) is 2. The van der Waals surface area contributed by atoms with Crippen LogP contribution >= 0.6 is 35.4 Å². The van der Waals surface area contributed by atoms with Crippen LogP contribution in [0.2, 0.25) is 10.0 Å². The minimum atomic E-state index is -0.230. The molecular weight excluding hydrogens is 351 g/mol. The maximum absolute atomic E-state index is 12.8. The number of halogens is 2. The fraction of sp³-hybridized carbons (Fsp3) is 0.0588. The summed E-state index contributed by atoms with van der Waals surface area (Å²) in [5, 5.41) is 7.17. The average molecular weight is 365 g/mol. The van der Waals surface area contributed by atoms with Crippen molar-refractivity contribution in [2.45, 2.75) is 0 Å². The van der Waals surface area contributed by atoms with Crippen molar-refractivity contribution >= 4 is 52.0 Å². The largest absolute Gasteiger partial charge is 0.359 e. The lowest BCUT2D eigenvalue weighted by Gasteiger charge is -2.14. The molecule has 0 aromatic heterocycles. The molecular formula is C17H14Cl2N2OS. The van der Waals surface area contributed by atoms with Crippen molar-refractivity contribution < 1.29 is 4.79 Å². The Morgan fingerprint density at radius 1 is 1.17 bits per heavy atom. The summed E-state index contributed by atoms with van der Waals surface area (Å²) in [4.78, 5) is 12.8. The predicted octanol–water partition coefficient (Wildman–Crippen LogP) is 4.70. The van der Waals surface area contributed by atoms with E-state index in [-0.39, 0.29) is 5.78 Å². The lowest BCUT2D eigenvalue weighted by molar-refractivity contribution is 0.103. The number of hydrogen-bond acceptors (Lipinski definition) is 2. The number of ketones is 1. The molecule has 2 aromatic carbocycles. The number of anilines is 1. The zero-order chi connectivity index (χ0) is 16.8. The zero-order valence-electron chi connectivity index (χ0n) is 12.1. The van der Waals surface area contributed by atoms with E-state index in [0.717, 1.165) is 0 Å². The van der Waals surface area contributed by atoms with Crippen molar-refractivity contribution in [1.29, 1.82) is 0 Å². The monoisotopic (exact) mass is 364 g/mol. The van der Waals surface area contributed by atoms with Crippen molar-refractivity contribution in [1.82, 2.24) is 5.32 Å². The summed E-state index contributed by atoms with van der Waals surface area (Å²) in [7, 11) is 0. The fourth-order valence-corrected chi connectivity index (χ4v) is 2.52. The van der Waals surface area contributed by atoms with Crippen LogP contribution in [0.1, 0.15) is 15.9 Å². The van der Waals surface area contributed by atoms with Gasteiger partial charge in [-0.05, 0) is 42.5 Å². The van der Waals surface area contributed by atoms with Gasteiger partial charge >= 0.3 is 0 Å². The number of carbonyl (C=O) groups excluding carboxylic acids is 1. The molecule has 23 heavy (non-hydrogen) atoms. The highest BCUT2D eigenvalue weighted by Gasteiger charge is 2.17. The average Bonchev–Trinajstić information content (AvgIpc) is 2.54. The highest BCUT2D eigenvalue weighted by atomic mass is 35.5. The first kappa shape index (κ1) is 17.5. The summed E-state index contributed by atoms with van der Waals surface area (Å²) in [5.74, 6) is -0.230. The molecule has 3 nitrogen and oxygen atoms in total. The van der Waals surface area contributed by atoms with Crippen LogP contribution in [0.25, 0.3) is 0 Å². The number of benzene rings is 2. The first-order valence-corrected chi connectivity index (χ1v) is 7.94. The second-order valence-electron chi connectivity index (χ2n) is 4.62. The Labute approximate surface area is 150 Å². The van der Waals surface area contributed by atoms with Crippen molar-refractivity contribution in [3.05, 3.63) is 76.3 Å². The van der Waals surface area contributed by atoms with Crippen molar-refractivity contribution in [3.8, 4) is 0 Å². The number of hydrogen-bond donors (Lipinski definition) is 2. The Balaban J connectivity index is 2.35. The Morgan fingerprint density at radius 2 is 1.91 bits per heavy atom. The van der Waals surface area contributed by atoms with Crippen LogP contribution in [0, 0.1) is 0 Å². The first-order valence-electron chi connectivity index (χ1n) is 6.77. The van der Waals surface area contributed by atoms with E-state index < -0.39 is 0 Å². The molecule has 0 fully saturated rings. The molecule has 0 bridgehead atoms. The molecule has 0 spiro atoms. The normalized spacial score (nSPS) is 10.0. The van der Waals surface area contributed by atoms with Gasteiger partial charge < -0.3 is 10.6 Å². The molecule has 2 N–H and O–H groups in total. The summed E-state index contributed by atoms with van der Waals surface area (Å²) in [6, 6.07) is 11.8. The van der Waals surface area contributed by atoms with Gasteiger partial charge in [0.1, 0.15) is 0 Å². The van der Waals surface area contributed by atoms with E-state index in [1.165, 1.54) is 0 Å². The van der Waals surface area contributed by atoms with E-state index >= 15 is 0 Å². The molecule has 118 valence electrons. The quantitative estimate of drug-likeness (QED) is 0.458. The summed E-state index contributed by atoms with van der Waals surface area (Å²) in [5.41, 5.74) is 1.36. The lowest BCUT2D eigenvalue weighted by Crippen LogP contribution is -2.29. The first-order chi connectivity index (χ1) is 11.0. The Morgan fingerprint density at radius 3 is 2.61 bits per heavy atom. The van der Waals surface area contributed by atoms with Gasteiger partial charge in [0.25, 0.3) is 0 Å². The van der Waals surface area contributed by atoms with E-state index in [2.05, 4.69) is 17.2 Å². The molecule has 0 radical (unpaired) electrons. The second-order valence-corrected chi connectivity index (χ2v) is 5.87. The Hall–Kier alpha value is -1.88. The van der Waals surface area contributed by atoms with Crippen molar-refractivity contribution in [3.63, 3.8) is 0 Å². The minimum absolute atomic E-state index is 0.230. The highest BCUT2D eigenvalue weighted by Crippen LogP contribution is 2.26.